The highest BCUT2D eigenvalue weighted by Crippen LogP contribution is 2.17. The molecule has 0 radical (unpaired) electrons. The van der Waals surface area contributed by atoms with E-state index < -0.39 is 5.67 Å². The Labute approximate surface area is 72.4 Å². The van der Waals surface area contributed by atoms with Crippen LogP contribution in [0.5, 0.6) is 0 Å². The molecule has 0 fully saturated rings. The summed E-state index contributed by atoms with van der Waals surface area (Å²) in [5.41, 5.74) is 6.03. The predicted octanol–water partition coefficient (Wildman–Crippen LogP) is 2.56. The third-order valence-corrected chi connectivity index (χ3v) is 1.58. The molecule has 0 saturated carbocycles. The highest BCUT2D eigenvalue weighted by molar-refractivity contribution is 5.40. The second-order valence-electron chi connectivity index (χ2n) is 3.64. The Hall–Kier alpha value is -1.05. The highest BCUT2D eigenvalue weighted by atomic mass is 19.1. The summed E-state index contributed by atoms with van der Waals surface area (Å²) < 4.78 is 13.2. The molecule has 1 aromatic rings. The van der Waals surface area contributed by atoms with Gasteiger partial charge in [0.1, 0.15) is 5.67 Å². The van der Waals surface area contributed by atoms with Gasteiger partial charge in [-0.3, -0.25) is 0 Å². The lowest BCUT2D eigenvalue weighted by Crippen LogP contribution is -2.15. The lowest BCUT2D eigenvalue weighted by molar-refractivity contribution is 0.217. The Morgan fingerprint density at radius 2 is 2.08 bits per heavy atom. The van der Waals surface area contributed by atoms with E-state index in [1.807, 2.05) is 12.1 Å². The van der Waals surface area contributed by atoms with Gasteiger partial charge in [-0.05, 0) is 31.5 Å². The van der Waals surface area contributed by atoms with Crippen molar-refractivity contribution in [3.8, 4) is 0 Å². The maximum Gasteiger partial charge on any atom is 0.109 e. The highest BCUT2D eigenvalue weighted by Gasteiger charge is 2.15. The number of hydrogen-bond donors (Lipinski definition) is 1. The van der Waals surface area contributed by atoms with Crippen LogP contribution in [0.3, 0.4) is 0 Å². The summed E-state index contributed by atoms with van der Waals surface area (Å²) in [6, 6.07) is 7.34. The fourth-order valence-electron chi connectivity index (χ4n) is 1.19. The summed E-state index contributed by atoms with van der Waals surface area (Å²) in [7, 11) is 0. The van der Waals surface area contributed by atoms with Gasteiger partial charge in [0.05, 0.1) is 0 Å². The molecular weight excluding hydrogens is 153 g/mol. The van der Waals surface area contributed by atoms with E-state index in [2.05, 4.69) is 0 Å². The van der Waals surface area contributed by atoms with Gasteiger partial charge in [0.15, 0.2) is 0 Å². The van der Waals surface area contributed by atoms with Gasteiger partial charge in [-0.1, -0.05) is 12.1 Å². The first-order valence-electron chi connectivity index (χ1n) is 4.01. The first-order chi connectivity index (χ1) is 5.47. The zero-order chi connectivity index (χ0) is 9.19. The van der Waals surface area contributed by atoms with Crippen molar-refractivity contribution in [3.05, 3.63) is 29.8 Å². The maximum absolute atomic E-state index is 13.2. The molecule has 1 aromatic carbocycles. The van der Waals surface area contributed by atoms with Crippen molar-refractivity contribution < 1.29 is 4.39 Å². The monoisotopic (exact) mass is 167 g/mol. The van der Waals surface area contributed by atoms with Gasteiger partial charge in [0.25, 0.3) is 0 Å². The average molecular weight is 167 g/mol. The molecule has 0 spiro atoms. The van der Waals surface area contributed by atoms with Crippen LogP contribution in [-0.4, -0.2) is 5.67 Å². The van der Waals surface area contributed by atoms with Crippen LogP contribution in [0.25, 0.3) is 0 Å². The molecule has 0 bridgehead atoms. The third kappa shape index (κ3) is 2.91. The van der Waals surface area contributed by atoms with E-state index in [0.29, 0.717) is 12.1 Å². The van der Waals surface area contributed by atoms with Gasteiger partial charge < -0.3 is 5.73 Å². The minimum absolute atomic E-state index is 0.415. The Morgan fingerprint density at radius 1 is 1.42 bits per heavy atom. The predicted molar refractivity (Wildman–Crippen MR) is 49.7 cm³/mol. The van der Waals surface area contributed by atoms with Gasteiger partial charge in [-0.15, -0.1) is 0 Å². The number of benzene rings is 1. The van der Waals surface area contributed by atoms with Crippen LogP contribution in [0.4, 0.5) is 10.1 Å². The fraction of sp³-hybridized carbons (Fsp3) is 0.400. The molecule has 0 aliphatic carbocycles. The average Bonchev–Trinajstić information content (AvgIpc) is 1.82. The quantitative estimate of drug-likeness (QED) is 0.673. The van der Waals surface area contributed by atoms with Crippen LogP contribution < -0.4 is 5.73 Å². The Morgan fingerprint density at radius 3 is 2.58 bits per heavy atom. The topological polar surface area (TPSA) is 26.0 Å². The molecule has 0 amide bonds. The van der Waals surface area contributed by atoms with E-state index in [9.17, 15) is 4.39 Å². The zero-order valence-corrected chi connectivity index (χ0v) is 7.47. The molecule has 12 heavy (non-hydrogen) atoms. The molecule has 66 valence electrons. The van der Waals surface area contributed by atoms with E-state index in [4.69, 9.17) is 5.73 Å². The molecule has 0 aliphatic rings. The van der Waals surface area contributed by atoms with Crippen LogP contribution in [0, 0.1) is 0 Å². The van der Waals surface area contributed by atoms with Gasteiger partial charge in [0.2, 0.25) is 0 Å². The van der Waals surface area contributed by atoms with Gasteiger partial charge in [-0.2, -0.15) is 0 Å². The van der Waals surface area contributed by atoms with Crippen molar-refractivity contribution >= 4 is 5.69 Å². The third-order valence-electron chi connectivity index (χ3n) is 1.58. The van der Waals surface area contributed by atoms with E-state index in [1.54, 1.807) is 26.0 Å². The number of nitrogen functional groups attached to an aromatic ring is 1. The summed E-state index contributed by atoms with van der Waals surface area (Å²) >= 11 is 0. The Kier molecular flexibility index (Phi) is 2.36. The van der Waals surface area contributed by atoms with Crippen LogP contribution in [-0.2, 0) is 6.42 Å². The molecular formula is C10H14FN. The summed E-state index contributed by atoms with van der Waals surface area (Å²) in [6.07, 6.45) is 0.415. The number of anilines is 1. The molecule has 0 aliphatic heterocycles. The van der Waals surface area contributed by atoms with Crippen molar-refractivity contribution in [1.29, 1.82) is 0 Å². The van der Waals surface area contributed by atoms with Crippen LogP contribution in [0.1, 0.15) is 19.4 Å². The smallest absolute Gasteiger partial charge is 0.109 e. The van der Waals surface area contributed by atoms with Crippen molar-refractivity contribution in [3.63, 3.8) is 0 Å². The summed E-state index contributed by atoms with van der Waals surface area (Å²) in [4.78, 5) is 0. The molecule has 2 heteroatoms. The first kappa shape index (κ1) is 9.04. The molecule has 0 saturated heterocycles. The second kappa shape index (κ2) is 3.13. The molecule has 0 unspecified atom stereocenters. The van der Waals surface area contributed by atoms with E-state index in [1.165, 1.54) is 0 Å². The molecule has 1 nitrogen and oxygen atoms in total. The van der Waals surface area contributed by atoms with Crippen molar-refractivity contribution in [2.75, 3.05) is 5.73 Å². The Bertz CT molecular complexity index is 263. The maximum atomic E-state index is 13.2. The standard InChI is InChI=1S/C10H14FN/c1-10(2,11)7-8-4-3-5-9(12)6-8/h3-6H,7,12H2,1-2H3. The fourth-order valence-corrected chi connectivity index (χ4v) is 1.19. The summed E-state index contributed by atoms with van der Waals surface area (Å²) in [5.74, 6) is 0. The molecule has 0 atom stereocenters. The SMILES string of the molecule is CC(C)(F)Cc1cccc(N)c1. The van der Waals surface area contributed by atoms with Crippen molar-refractivity contribution in [2.45, 2.75) is 25.9 Å². The molecule has 0 heterocycles. The van der Waals surface area contributed by atoms with Gasteiger partial charge >= 0.3 is 0 Å². The minimum atomic E-state index is -1.16. The first-order valence-corrected chi connectivity index (χ1v) is 4.01. The lowest BCUT2D eigenvalue weighted by Gasteiger charge is -2.13. The van der Waals surface area contributed by atoms with E-state index in [-0.39, 0.29) is 0 Å². The Balaban J connectivity index is 2.77. The number of halogens is 1. The van der Waals surface area contributed by atoms with Crippen LogP contribution >= 0.6 is 0 Å². The minimum Gasteiger partial charge on any atom is -0.399 e. The van der Waals surface area contributed by atoms with Gasteiger partial charge in [0, 0.05) is 12.1 Å². The lowest BCUT2D eigenvalue weighted by atomic mass is 10.0. The van der Waals surface area contributed by atoms with E-state index >= 15 is 0 Å². The number of rotatable bonds is 2. The number of alkyl halides is 1. The molecule has 0 aromatic heterocycles. The summed E-state index contributed by atoms with van der Waals surface area (Å²) in [5, 5.41) is 0. The zero-order valence-electron chi connectivity index (χ0n) is 7.47. The number of nitrogens with two attached hydrogens (primary N) is 1. The summed E-state index contributed by atoms with van der Waals surface area (Å²) in [6.45, 7) is 3.13. The normalized spacial score (nSPS) is 11.6. The van der Waals surface area contributed by atoms with Gasteiger partial charge in [-0.25, -0.2) is 4.39 Å². The van der Waals surface area contributed by atoms with Crippen molar-refractivity contribution in [2.24, 2.45) is 0 Å². The largest absolute Gasteiger partial charge is 0.399 e. The van der Waals surface area contributed by atoms with Crippen LogP contribution in [0.15, 0.2) is 24.3 Å². The molecule has 2 N–H and O–H groups in total. The van der Waals surface area contributed by atoms with Crippen molar-refractivity contribution in [1.82, 2.24) is 0 Å². The van der Waals surface area contributed by atoms with E-state index in [0.717, 1.165) is 5.56 Å². The second-order valence-corrected chi connectivity index (χ2v) is 3.64. The van der Waals surface area contributed by atoms with Crippen LogP contribution in [0.2, 0.25) is 0 Å². The molecule has 1 rings (SSSR count). The number of hydrogen-bond acceptors (Lipinski definition) is 1.